The molecule has 1 rings (SSSR count). The minimum absolute atomic E-state index is 0.355. The lowest BCUT2D eigenvalue weighted by atomic mass is 9.83. The lowest BCUT2D eigenvalue weighted by molar-refractivity contribution is 0.287. The molecule has 0 aromatic heterocycles. The first kappa shape index (κ1) is 7.03. The van der Waals surface area contributed by atoms with Gasteiger partial charge in [0.25, 0.3) is 0 Å². The van der Waals surface area contributed by atoms with E-state index in [1.807, 2.05) is 0 Å². The third-order valence-corrected chi connectivity index (χ3v) is 2.43. The Labute approximate surface area is 56.6 Å². The highest BCUT2D eigenvalue weighted by molar-refractivity contribution is 4.83. The van der Waals surface area contributed by atoms with Gasteiger partial charge in [-0.3, -0.25) is 0 Å². The van der Waals surface area contributed by atoms with Crippen LogP contribution in [-0.4, -0.2) is 12.1 Å². The van der Waals surface area contributed by atoms with Gasteiger partial charge in [0.1, 0.15) is 0 Å². The first-order valence-corrected chi connectivity index (χ1v) is 3.73. The van der Waals surface area contributed by atoms with Gasteiger partial charge < -0.3 is 11.5 Å². The molecule has 54 valence electrons. The number of hydrogen-bond acceptors (Lipinski definition) is 2. The van der Waals surface area contributed by atoms with Crippen LogP contribution >= 0.6 is 0 Å². The summed E-state index contributed by atoms with van der Waals surface area (Å²) in [5.41, 5.74) is 11.6. The zero-order chi connectivity index (χ0) is 6.85. The van der Waals surface area contributed by atoms with E-state index in [-0.39, 0.29) is 0 Å². The normalized spacial score (nSPS) is 45.0. The fourth-order valence-corrected chi connectivity index (χ4v) is 1.43. The van der Waals surface area contributed by atoms with Gasteiger partial charge in [-0.2, -0.15) is 0 Å². The highest BCUT2D eigenvalue weighted by Crippen LogP contribution is 2.20. The van der Waals surface area contributed by atoms with E-state index in [0.29, 0.717) is 18.0 Å². The minimum atomic E-state index is 0.355. The second-order valence-corrected chi connectivity index (χ2v) is 3.12. The van der Waals surface area contributed by atoms with Crippen molar-refractivity contribution in [2.75, 3.05) is 0 Å². The molecule has 2 unspecified atom stereocenters. The third kappa shape index (κ3) is 1.43. The second kappa shape index (κ2) is 2.67. The van der Waals surface area contributed by atoms with Crippen LogP contribution in [0.15, 0.2) is 0 Å². The molecule has 0 heterocycles. The molecule has 1 aliphatic rings. The van der Waals surface area contributed by atoms with Crippen molar-refractivity contribution in [3.8, 4) is 0 Å². The van der Waals surface area contributed by atoms with Crippen molar-refractivity contribution in [2.45, 2.75) is 38.3 Å². The van der Waals surface area contributed by atoms with E-state index in [0.717, 1.165) is 12.8 Å². The first-order chi connectivity index (χ1) is 4.22. The molecule has 0 aromatic rings. The maximum Gasteiger partial charge on any atom is 0.00792 e. The molecule has 9 heavy (non-hydrogen) atoms. The van der Waals surface area contributed by atoms with Gasteiger partial charge in [0.15, 0.2) is 0 Å². The predicted octanol–water partition coefficient (Wildman–Crippen LogP) is 0.461. The Morgan fingerprint density at radius 1 is 1.11 bits per heavy atom. The van der Waals surface area contributed by atoms with Crippen molar-refractivity contribution >= 4 is 0 Å². The fraction of sp³-hybridized carbons (Fsp3) is 1.00. The minimum Gasteiger partial charge on any atom is -0.327 e. The largest absolute Gasteiger partial charge is 0.327 e. The molecule has 0 aromatic carbocycles. The van der Waals surface area contributed by atoms with Gasteiger partial charge >= 0.3 is 0 Å². The summed E-state index contributed by atoms with van der Waals surface area (Å²) >= 11 is 0. The van der Waals surface area contributed by atoms with Crippen LogP contribution in [0.4, 0.5) is 0 Å². The van der Waals surface area contributed by atoms with Gasteiger partial charge in [-0.05, 0) is 18.8 Å². The molecular weight excluding hydrogens is 112 g/mol. The lowest BCUT2D eigenvalue weighted by Crippen LogP contribution is -2.44. The number of nitrogens with two attached hydrogens (primary N) is 2. The van der Waals surface area contributed by atoms with Gasteiger partial charge in [-0.15, -0.1) is 0 Å². The smallest absolute Gasteiger partial charge is 0.00792 e. The topological polar surface area (TPSA) is 52.0 Å². The molecule has 1 saturated carbocycles. The summed E-state index contributed by atoms with van der Waals surface area (Å²) in [6.45, 7) is 2.15. The number of rotatable bonds is 0. The van der Waals surface area contributed by atoms with Crippen LogP contribution in [-0.2, 0) is 0 Å². The average Bonchev–Trinajstić information content (AvgIpc) is 1.83. The summed E-state index contributed by atoms with van der Waals surface area (Å²) in [7, 11) is 0. The molecule has 0 amide bonds. The summed E-state index contributed by atoms with van der Waals surface area (Å²) in [6.07, 6.45) is 3.54. The molecular formula is C7H16N2. The SMILES string of the molecule is CC1C(N)CCCC1N. The van der Waals surface area contributed by atoms with Crippen molar-refractivity contribution in [2.24, 2.45) is 17.4 Å². The first-order valence-electron chi connectivity index (χ1n) is 3.73. The van der Waals surface area contributed by atoms with Gasteiger partial charge in [0, 0.05) is 12.1 Å². The molecule has 0 radical (unpaired) electrons. The molecule has 1 aliphatic carbocycles. The Morgan fingerprint density at radius 2 is 1.56 bits per heavy atom. The molecule has 4 N–H and O–H groups in total. The zero-order valence-corrected chi connectivity index (χ0v) is 6.01. The summed E-state index contributed by atoms with van der Waals surface area (Å²) in [5, 5.41) is 0. The maximum absolute atomic E-state index is 5.79. The van der Waals surface area contributed by atoms with Gasteiger partial charge in [0.05, 0.1) is 0 Å². The van der Waals surface area contributed by atoms with Crippen LogP contribution < -0.4 is 11.5 Å². The van der Waals surface area contributed by atoms with Crippen LogP contribution in [0, 0.1) is 5.92 Å². The second-order valence-electron chi connectivity index (χ2n) is 3.12. The van der Waals surface area contributed by atoms with Crippen molar-refractivity contribution in [3.05, 3.63) is 0 Å². The molecule has 0 bridgehead atoms. The van der Waals surface area contributed by atoms with Gasteiger partial charge in [-0.1, -0.05) is 13.3 Å². The maximum atomic E-state index is 5.79. The summed E-state index contributed by atoms with van der Waals surface area (Å²) in [4.78, 5) is 0. The number of hydrogen-bond donors (Lipinski definition) is 2. The molecule has 0 aliphatic heterocycles. The quantitative estimate of drug-likeness (QED) is 0.498. The molecule has 2 heteroatoms. The van der Waals surface area contributed by atoms with Gasteiger partial charge in [0.2, 0.25) is 0 Å². The van der Waals surface area contributed by atoms with E-state index in [4.69, 9.17) is 11.5 Å². The monoisotopic (exact) mass is 128 g/mol. The van der Waals surface area contributed by atoms with Crippen molar-refractivity contribution in [1.82, 2.24) is 0 Å². The third-order valence-electron chi connectivity index (χ3n) is 2.43. The van der Waals surface area contributed by atoms with E-state index in [2.05, 4.69) is 6.92 Å². The highest BCUT2D eigenvalue weighted by atomic mass is 14.7. The van der Waals surface area contributed by atoms with Crippen LogP contribution in [0.5, 0.6) is 0 Å². The molecule has 2 nitrogen and oxygen atoms in total. The van der Waals surface area contributed by atoms with Gasteiger partial charge in [-0.25, -0.2) is 0 Å². The van der Waals surface area contributed by atoms with Crippen molar-refractivity contribution < 1.29 is 0 Å². The predicted molar refractivity (Wildman–Crippen MR) is 39.0 cm³/mol. The van der Waals surface area contributed by atoms with Crippen LogP contribution in [0.3, 0.4) is 0 Å². The Bertz CT molecular complexity index is 82.9. The Kier molecular flexibility index (Phi) is 2.09. The zero-order valence-electron chi connectivity index (χ0n) is 6.01. The summed E-state index contributed by atoms with van der Waals surface area (Å²) < 4.78 is 0. The van der Waals surface area contributed by atoms with E-state index in [9.17, 15) is 0 Å². The molecule has 0 spiro atoms. The van der Waals surface area contributed by atoms with Crippen molar-refractivity contribution in [1.29, 1.82) is 0 Å². The Balaban J connectivity index is 2.41. The van der Waals surface area contributed by atoms with E-state index in [1.165, 1.54) is 6.42 Å². The van der Waals surface area contributed by atoms with Crippen LogP contribution in [0.1, 0.15) is 26.2 Å². The highest BCUT2D eigenvalue weighted by Gasteiger charge is 2.23. The van der Waals surface area contributed by atoms with E-state index < -0.39 is 0 Å². The Morgan fingerprint density at radius 3 is 1.89 bits per heavy atom. The molecule has 0 saturated heterocycles. The van der Waals surface area contributed by atoms with Crippen LogP contribution in [0.25, 0.3) is 0 Å². The summed E-state index contributed by atoms with van der Waals surface area (Å²) in [6, 6.07) is 0.711. The molecule has 1 fully saturated rings. The molecule has 2 atom stereocenters. The Hall–Kier alpha value is -0.0800. The van der Waals surface area contributed by atoms with E-state index in [1.54, 1.807) is 0 Å². The summed E-state index contributed by atoms with van der Waals surface area (Å²) in [5.74, 6) is 0.527. The standard InChI is InChI=1S/C7H16N2/c1-5-6(8)3-2-4-7(5)9/h5-7H,2-4,8-9H2,1H3. The van der Waals surface area contributed by atoms with E-state index >= 15 is 0 Å². The average molecular weight is 128 g/mol. The van der Waals surface area contributed by atoms with Crippen LogP contribution in [0.2, 0.25) is 0 Å². The lowest BCUT2D eigenvalue weighted by Gasteiger charge is -2.30. The van der Waals surface area contributed by atoms with Crippen molar-refractivity contribution in [3.63, 3.8) is 0 Å². The fourth-order valence-electron chi connectivity index (χ4n) is 1.43.